The van der Waals surface area contributed by atoms with Gasteiger partial charge >= 0.3 is 0 Å². The zero-order chi connectivity index (χ0) is 21.4. The molecule has 2 aromatic rings. The average Bonchev–Trinajstić information content (AvgIpc) is 2.71. The van der Waals surface area contributed by atoms with Crippen LogP contribution in [0, 0.1) is 0 Å². The highest BCUT2D eigenvalue weighted by atomic mass is 32.2. The molecule has 0 aliphatic heterocycles. The van der Waals surface area contributed by atoms with Gasteiger partial charge in [-0.25, -0.2) is 12.7 Å². The van der Waals surface area contributed by atoms with Crippen molar-refractivity contribution in [3.05, 3.63) is 59.7 Å². The molecule has 1 N–H and O–H groups in total. The molecular formula is C21H26N2O5S. The van der Waals surface area contributed by atoms with Gasteiger partial charge in [0.1, 0.15) is 0 Å². The lowest BCUT2D eigenvalue weighted by Gasteiger charge is -2.15. The van der Waals surface area contributed by atoms with E-state index in [1.807, 2.05) is 13.0 Å². The molecule has 2 rings (SSSR count). The van der Waals surface area contributed by atoms with Gasteiger partial charge in [-0.3, -0.25) is 4.79 Å². The van der Waals surface area contributed by atoms with E-state index >= 15 is 0 Å². The minimum absolute atomic E-state index is 0.0962. The van der Waals surface area contributed by atoms with E-state index in [1.54, 1.807) is 43.5 Å². The van der Waals surface area contributed by atoms with Crippen molar-refractivity contribution in [3.63, 3.8) is 0 Å². The number of hydrogen-bond donors (Lipinski definition) is 1. The number of amides is 1. The molecule has 0 atom stereocenters. The molecule has 0 heterocycles. The summed E-state index contributed by atoms with van der Waals surface area (Å²) in [6, 6.07) is 12.0. The van der Waals surface area contributed by atoms with Crippen LogP contribution in [-0.4, -0.2) is 46.4 Å². The van der Waals surface area contributed by atoms with Gasteiger partial charge in [0, 0.05) is 26.7 Å². The van der Waals surface area contributed by atoms with Gasteiger partial charge in [-0.2, -0.15) is 0 Å². The van der Waals surface area contributed by atoms with Gasteiger partial charge in [-0.1, -0.05) is 24.3 Å². The van der Waals surface area contributed by atoms with Crippen LogP contribution < -0.4 is 14.8 Å². The summed E-state index contributed by atoms with van der Waals surface area (Å²) in [6.45, 7) is 2.51. The molecule has 1 amide bonds. The van der Waals surface area contributed by atoms with E-state index in [-0.39, 0.29) is 17.3 Å². The Morgan fingerprint density at radius 1 is 1.14 bits per heavy atom. The molecule has 2 aromatic carbocycles. The molecule has 156 valence electrons. The number of nitrogens with zero attached hydrogens (tertiary/aromatic N) is 1. The third kappa shape index (κ3) is 5.82. The molecule has 0 aliphatic carbocycles. The van der Waals surface area contributed by atoms with Crippen LogP contribution >= 0.6 is 0 Å². The fourth-order valence-corrected chi connectivity index (χ4v) is 3.69. The van der Waals surface area contributed by atoms with Gasteiger partial charge in [-0.15, -0.1) is 0 Å². The van der Waals surface area contributed by atoms with Crippen LogP contribution in [0.4, 0.5) is 0 Å². The Balaban J connectivity index is 2.08. The highest BCUT2D eigenvalue weighted by molar-refractivity contribution is 7.89. The van der Waals surface area contributed by atoms with E-state index in [9.17, 15) is 13.2 Å². The Hall–Kier alpha value is -2.84. The Kier molecular flexibility index (Phi) is 7.81. The van der Waals surface area contributed by atoms with E-state index in [4.69, 9.17) is 9.47 Å². The van der Waals surface area contributed by atoms with Crippen LogP contribution in [0.5, 0.6) is 11.5 Å². The molecule has 7 nitrogen and oxygen atoms in total. The second-order valence-electron chi connectivity index (χ2n) is 6.29. The summed E-state index contributed by atoms with van der Waals surface area (Å²) < 4.78 is 36.8. The highest BCUT2D eigenvalue weighted by Gasteiger charge is 2.20. The Labute approximate surface area is 172 Å². The first-order chi connectivity index (χ1) is 13.8. The summed E-state index contributed by atoms with van der Waals surface area (Å²) in [5, 5.41) is 2.72. The first-order valence-corrected chi connectivity index (χ1v) is 10.5. The molecule has 0 bridgehead atoms. The third-order valence-electron chi connectivity index (χ3n) is 4.10. The predicted octanol–water partition coefficient (Wildman–Crippen LogP) is 2.67. The third-order valence-corrected chi connectivity index (χ3v) is 6.01. The van der Waals surface area contributed by atoms with Crippen LogP contribution in [-0.2, 0) is 21.4 Å². The van der Waals surface area contributed by atoms with E-state index in [2.05, 4.69) is 5.32 Å². The monoisotopic (exact) mass is 418 g/mol. The van der Waals surface area contributed by atoms with Crippen LogP contribution in [0.3, 0.4) is 0 Å². The fourth-order valence-electron chi connectivity index (χ4n) is 2.57. The van der Waals surface area contributed by atoms with Gasteiger partial charge in [-0.05, 0) is 42.3 Å². The fraction of sp³-hybridized carbons (Fsp3) is 0.286. The van der Waals surface area contributed by atoms with Crippen LogP contribution in [0.1, 0.15) is 18.1 Å². The molecule has 0 aromatic heterocycles. The molecule has 0 saturated carbocycles. The maximum atomic E-state index is 12.4. The number of methoxy groups -OCH3 is 1. The number of carbonyl (C=O) groups is 1. The van der Waals surface area contributed by atoms with E-state index in [0.29, 0.717) is 23.7 Å². The van der Waals surface area contributed by atoms with Crippen molar-refractivity contribution in [2.45, 2.75) is 18.4 Å². The van der Waals surface area contributed by atoms with Crippen LogP contribution in [0.25, 0.3) is 6.08 Å². The van der Waals surface area contributed by atoms with E-state index < -0.39 is 10.0 Å². The number of ether oxygens (including phenoxy) is 2. The van der Waals surface area contributed by atoms with Crippen molar-refractivity contribution in [2.24, 2.45) is 0 Å². The standard InChI is InChI=1S/C21H26N2O5S/c1-5-28-18-12-10-16(14-19(18)27-4)11-13-21(24)22-15-17-8-6-7-9-20(17)29(25,26)23(2)3/h6-14H,5,15H2,1-4H3,(H,22,24)/b13-11+. The van der Waals surface area contributed by atoms with Crippen molar-refractivity contribution >= 4 is 22.0 Å². The van der Waals surface area contributed by atoms with Crippen molar-refractivity contribution < 1.29 is 22.7 Å². The topological polar surface area (TPSA) is 84.9 Å². The molecule has 8 heteroatoms. The zero-order valence-electron chi connectivity index (χ0n) is 17.0. The molecule has 0 saturated heterocycles. The first-order valence-electron chi connectivity index (χ1n) is 9.06. The number of benzene rings is 2. The van der Waals surface area contributed by atoms with Crippen molar-refractivity contribution in [1.82, 2.24) is 9.62 Å². The lowest BCUT2D eigenvalue weighted by atomic mass is 10.2. The summed E-state index contributed by atoms with van der Waals surface area (Å²) in [7, 11) is 0.905. The second-order valence-corrected chi connectivity index (χ2v) is 8.41. The number of sulfonamides is 1. The summed E-state index contributed by atoms with van der Waals surface area (Å²) in [5.41, 5.74) is 1.29. The Morgan fingerprint density at radius 3 is 2.52 bits per heavy atom. The first kappa shape index (κ1) is 22.4. The second kappa shape index (κ2) is 10.1. The number of carbonyl (C=O) groups excluding carboxylic acids is 1. The highest BCUT2D eigenvalue weighted by Crippen LogP contribution is 2.28. The summed E-state index contributed by atoms with van der Waals surface area (Å²) >= 11 is 0. The average molecular weight is 419 g/mol. The maximum Gasteiger partial charge on any atom is 0.244 e. The summed E-state index contributed by atoms with van der Waals surface area (Å²) in [6.07, 6.45) is 3.04. The largest absolute Gasteiger partial charge is 0.493 e. The maximum absolute atomic E-state index is 12.4. The molecule has 0 aliphatic rings. The minimum Gasteiger partial charge on any atom is -0.493 e. The lowest BCUT2D eigenvalue weighted by molar-refractivity contribution is -0.116. The van der Waals surface area contributed by atoms with E-state index in [1.165, 1.54) is 26.2 Å². The van der Waals surface area contributed by atoms with Gasteiger partial charge in [0.25, 0.3) is 0 Å². The molecule has 0 unspecified atom stereocenters. The molecular weight excluding hydrogens is 392 g/mol. The summed E-state index contributed by atoms with van der Waals surface area (Å²) in [5.74, 6) is 0.877. The Morgan fingerprint density at radius 2 is 1.86 bits per heavy atom. The van der Waals surface area contributed by atoms with Crippen molar-refractivity contribution in [2.75, 3.05) is 27.8 Å². The lowest BCUT2D eigenvalue weighted by Crippen LogP contribution is -2.26. The Bertz CT molecular complexity index is 984. The summed E-state index contributed by atoms with van der Waals surface area (Å²) in [4.78, 5) is 12.4. The number of hydrogen-bond acceptors (Lipinski definition) is 5. The van der Waals surface area contributed by atoms with Crippen molar-refractivity contribution in [3.8, 4) is 11.5 Å². The molecule has 0 spiro atoms. The molecule has 0 radical (unpaired) electrons. The number of rotatable bonds is 9. The zero-order valence-corrected chi connectivity index (χ0v) is 17.8. The quantitative estimate of drug-likeness (QED) is 0.633. The van der Waals surface area contributed by atoms with E-state index in [0.717, 1.165) is 9.87 Å². The molecule has 29 heavy (non-hydrogen) atoms. The van der Waals surface area contributed by atoms with Crippen LogP contribution in [0.2, 0.25) is 0 Å². The van der Waals surface area contributed by atoms with Gasteiger partial charge in [0.2, 0.25) is 15.9 Å². The van der Waals surface area contributed by atoms with Crippen LogP contribution in [0.15, 0.2) is 53.4 Å². The van der Waals surface area contributed by atoms with Crippen molar-refractivity contribution in [1.29, 1.82) is 0 Å². The van der Waals surface area contributed by atoms with Gasteiger partial charge in [0.15, 0.2) is 11.5 Å². The predicted molar refractivity (Wildman–Crippen MR) is 112 cm³/mol. The molecule has 0 fully saturated rings. The SMILES string of the molecule is CCOc1ccc(/C=C/C(=O)NCc2ccccc2S(=O)(=O)N(C)C)cc1OC. The number of nitrogens with one attached hydrogen (secondary N) is 1. The minimum atomic E-state index is -3.59. The van der Waals surface area contributed by atoms with Gasteiger partial charge < -0.3 is 14.8 Å². The normalized spacial score (nSPS) is 11.6. The smallest absolute Gasteiger partial charge is 0.244 e. The van der Waals surface area contributed by atoms with Gasteiger partial charge in [0.05, 0.1) is 18.6 Å².